The zero-order valence-electron chi connectivity index (χ0n) is 13.9. The summed E-state index contributed by atoms with van der Waals surface area (Å²) in [4.78, 5) is 25.8. The Morgan fingerprint density at radius 2 is 1.84 bits per heavy atom. The number of nitrogens with zero attached hydrogens (tertiary/aromatic N) is 1. The van der Waals surface area contributed by atoms with Crippen molar-refractivity contribution in [2.24, 2.45) is 0 Å². The molecule has 0 unspecified atom stereocenters. The van der Waals surface area contributed by atoms with Crippen LogP contribution in [0.15, 0.2) is 47.4 Å². The van der Waals surface area contributed by atoms with Crippen molar-refractivity contribution in [3.8, 4) is 0 Å². The topological polar surface area (TPSA) is 83.6 Å². The van der Waals surface area contributed by atoms with E-state index in [1.165, 1.54) is 19.1 Å². The molecule has 0 aliphatic carbocycles. The maximum Gasteiger partial charge on any atom is 0.256 e. The number of benzene rings is 2. The van der Waals surface area contributed by atoms with Gasteiger partial charge < -0.3 is 10.2 Å². The van der Waals surface area contributed by atoms with Gasteiger partial charge in [-0.25, -0.2) is 8.42 Å². The molecule has 1 aliphatic heterocycles. The first-order valence-electron chi connectivity index (χ1n) is 7.79. The third-order valence-electron chi connectivity index (χ3n) is 4.14. The largest absolute Gasteiger partial charge is 0.322 e. The van der Waals surface area contributed by atoms with Gasteiger partial charge in [0.2, 0.25) is 5.91 Å². The average Bonchev–Trinajstić information content (AvgIpc) is 2.97. The molecule has 2 amide bonds. The second-order valence-corrected chi connectivity index (χ2v) is 7.97. The van der Waals surface area contributed by atoms with Gasteiger partial charge in [0.15, 0.2) is 9.84 Å². The van der Waals surface area contributed by atoms with E-state index in [4.69, 9.17) is 0 Å². The Kier molecular flexibility index (Phi) is 4.34. The van der Waals surface area contributed by atoms with E-state index in [-0.39, 0.29) is 16.4 Å². The maximum atomic E-state index is 12.5. The number of hydrogen-bond acceptors (Lipinski definition) is 4. The average molecular weight is 358 g/mol. The lowest BCUT2D eigenvalue weighted by Crippen LogP contribution is -2.25. The molecule has 0 spiro atoms. The molecule has 6 nitrogen and oxygen atoms in total. The minimum atomic E-state index is -3.50. The molecule has 0 atom stereocenters. The van der Waals surface area contributed by atoms with Crippen LogP contribution >= 0.6 is 0 Å². The molecule has 0 saturated carbocycles. The van der Waals surface area contributed by atoms with Crippen LogP contribution in [0.4, 0.5) is 11.4 Å². The van der Waals surface area contributed by atoms with Gasteiger partial charge in [0, 0.05) is 31.1 Å². The summed E-state index contributed by atoms with van der Waals surface area (Å²) in [6.45, 7) is 2.14. The first-order chi connectivity index (χ1) is 11.8. The van der Waals surface area contributed by atoms with Crippen molar-refractivity contribution < 1.29 is 18.0 Å². The number of fused-ring (bicyclic) bond motifs is 1. The highest BCUT2D eigenvalue weighted by atomic mass is 32.2. The second kappa shape index (κ2) is 6.33. The number of sulfone groups is 1. The van der Waals surface area contributed by atoms with Crippen LogP contribution < -0.4 is 10.2 Å². The predicted octanol–water partition coefficient (Wildman–Crippen LogP) is 2.25. The van der Waals surface area contributed by atoms with Gasteiger partial charge in [0.1, 0.15) is 0 Å². The Morgan fingerprint density at radius 3 is 2.52 bits per heavy atom. The minimum absolute atomic E-state index is 0.00332. The van der Waals surface area contributed by atoms with Crippen LogP contribution in [0.3, 0.4) is 0 Å². The lowest BCUT2D eigenvalue weighted by Gasteiger charge is -2.15. The molecular formula is C18H18N2O4S. The Labute approximate surface area is 146 Å². The monoisotopic (exact) mass is 358 g/mol. The number of amides is 2. The van der Waals surface area contributed by atoms with E-state index in [9.17, 15) is 18.0 Å². The third kappa shape index (κ3) is 3.41. The molecule has 2 aromatic rings. The number of anilines is 2. The third-order valence-corrected chi connectivity index (χ3v) is 5.30. The first-order valence-corrected chi connectivity index (χ1v) is 9.68. The summed E-state index contributed by atoms with van der Waals surface area (Å²) in [6, 6.07) is 11.4. The van der Waals surface area contributed by atoms with Crippen molar-refractivity contribution in [3.05, 3.63) is 53.6 Å². The van der Waals surface area contributed by atoms with Crippen molar-refractivity contribution in [3.63, 3.8) is 0 Å². The first kappa shape index (κ1) is 17.2. The van der Waals surface area contributed by atoms with Crippen LogP contribution in [-0.2, 0) is 21.1 Å². The molecule has 0 fully saturated rings. The minimum Gasteiger partial charge on any atom is -0.322 e. The van der Waals surface area contributed by atoms with Gasteiger partial charge in [-0.05, 0) is 42.3 Å². The fourth-order valence-electron chi connectivity index (χ4n) is 2.98. The molecule has 0 aromatic heterocycles. The van der Waals surface area contributed by atoms with E-state index in [0.29, 0.717) is 12.2 Å². The van der Waals surface area contributed by atoms with Gasteiger partial charge in [0.25, 0.3) is 5.91 Å². The summed E-state index contributed by atoms with van der Waals surface area (Å²) in [5.74, 6) is -0.500. The molecule has 25 heavy (non-hydrogen) atoms. The van der Waals surface area contributed by atoms with Crippen molar-refractivity contribution in [2.45, 2.75) is 18.2 Å². The molecular weight excluding hydrogens is 340 g/mol. The Hall–Kier alpha value is -2.67. The molecule has 1 aliphatic rings. The zero-order valence-corrected chi connectivity index (χ0v) is 14.8. The molecule has 0 saturated heterocycles. The van der Waals surface area contributed by atoms with Gasteiger partial charge in [-0.1, -0.05) is 12.1 Å². The lowest BCUT2D eigenvalue weighted by molar-refractivity contribution is -0.116. The fraction of sp³-hybridized carbons (Fsp3) is 0.222. The molecule has 0 radical (unpaired) electrons. The van der Waals surface area contributed by atoms with E-state index < -0.39 is 15.7 Å². The van der Waals surface area contributed by atoms with Crippen molar-refractivity contribution >= 4 is 33.0 Å². The summed E-state index contributed by atoms with van der Waals surface area (Å²) < 4.78 is 23.7. The molecule has 3 rings (SSSR count). The smallest absolute Gasteiger partial charge is 0.256 e. The summed E-state index contributed by atoms with van der Waals surface area (Å²) in [7, 11) is -3.50. The van der Waals surface area contributed by atoms with Crippen molar-refractivity contribution in [1.82, 2.24) is 0 Å². The highest BCUT2D eigenvalue weighted by Gasteiger charge is 2.23. The Balaban J connectivity index is 1.88. The van der Waals surface area contributed by atoms with Gasteiger partial charge in [-0.2, -0.15) is 0 Å². The van der Waals surface area contributed by atoms with Gasteiger partial charge in [-0.15, -0.1) is 0 Å². The SMILES string of the molecule is CC(=O)N1CCc2cc(NC(=O)c3ccccc3S(C)(=O)=O)ccc21. The van der Waals surface area contributed by atoms with Crippen molar-refractivity contribution in [2.75, 3.05) is 23.0 Å². The summed E-state index contributed by atoms with van der Waals surface area (Å²) in [5, 5.41) is 2.74. The number of hydrogen-bond donors (Lipinski definition) is 1. The van der Waals surface area contributed by atoms with E-state index in [0.717, 1.165) is 23.9 Å². The maximum absolute atomic E-state index is 12.5. The normalized spacial score (nSPS) is 13.4. The second-order valence-electron chi connectivity index (χ2n) is 5.99. The van der Waals surface area contributed by atoms with Gasteiger partial charge in [0.05, 0.1) is 10.5 Å². The fourth-order valence-corrected chi connectivity index (χ4v) is 3.87. The number of rotatable bonds is 3. The quantitative estimate of drug-likeness (QED) is 0.912. The zero-order chi connectivity index (χ0) is 18.2. The highest BCUT2D eigenvalue weighted by molar-refractivity contribution is 7.90. The van der Waals surface area contributed by atoms with Gasteiger partial charge in [-0.3, -0.25) is 9.59 Å². The highest BCUT2D eigenvalue weighted by Crippen LogP contribution is 2.30. The standard InChI is InChI=1S/C18H18N2O4S/c1-12(21)20-10-9-13-11-14(7-8-16(13)20)19-18(22)15-5-3-4-6-17(15)25(2,23)24/h3-8,11H,9-10H2,1-2H3,(H,19,22). The lowest BCUT2D eigenvalue weighted by atomic mass is 10.1. The molecule has 1 heterocycles. The molecule has 1 N–H and O–H groups in total. The van der Waals surface area contributed by atoms with Crippen LogP contribution in [0.5, 0.6) is 0 Å². The summed E-state index contributed by atoms with van der Waals surface area (Å²) in [5.41, 5.74) is 2.50. The summed E-state index contributed by atoms with van der Waals surface area (Å²) in [6.07, 6.45) is 1.80. The van der Waals surface area contributed by atoms with Crippen LogP contribution in [0.25, 0.3) is 0 Å². The van der Waals surface area contributed by atoms with E-state index in [2.05, 4.69) is 5.32 Å². The van der Waals surface area contributed by atoms with Gasteiger partial charge >= 0.3 is 0 Å². The molecule has 130 valence electrons. The van der Waals surface area contributed by atoms with E-state index >= 15 is 0 Å². The van der Waals surface area contributed by atoms with Crippen molar-refractivity contribution in [1.29, 1.82) is 0 Å². The van der Waals surface area contributed by atoms with E-state index in [1.54, 1.807) is 29.2 Å². The van der Waals surface area contributed by atoms with Crippen LogP contribution in [0.2, 0.25) is 0 Å². The predicted molar refractivity (Wildman–Crippen MR) is 95.7 cm³/mol. The van der Waals surface area contributed by atoms with Crippen LogP contribution in [-0.4, -0.2) is 33.0 Å². The van der Waals surface area contributed by atoms with E-state index in [1.807, 2.05) is 6.07 Å². The Morgan fingerprint density at radius 1 is 1.12 bits per heavy atom. The number of carbonyl (C=O) groups is 2. The van der Waals surface area contributed by atoms with Crippen LogP contribution in [0.1, 0.15) is 22.8 Å². The number of nitrogens with one attached hydrogen (secondary N) is 1. The number of carbonyl (C=O) groups excluding carboxylic acids is 2. The molecule has 2 aromatic carbocycles. The van der Waals surface area contributed by atoms with Crippen LogP contribution in [0, 0.1) is 0 Å². The molecule has 0 bridgehead atoms. The Bertz CT molecular complexity index is 967. The summed E-state index contributed by atoms with van der Waals surface area (Å²) >= 11 is 0. The molecule has 7 heteroatoms.